The van der Waals surface area contributed by atoms with Crippen molar-refractivity contribution >= 4 is 11.8 Å². The topological polar surface area (TPSA) is 27.0 Å². The number of likely N-dealkylation sites (tertiary alicyclic amines) is 1. The molecule has 0 spiro atoms. The molecule has 1 fully saturated rings. The lowest BCUT2D eigenvalue weighted by atomic mass is 10.2. The van der Waals surface area contributed by atoms with Gasteiger partial charge in [0.2, 0.25) is 0 Å². The van der Waals surface area contributed by atoms with E-state index in [2.05, 4.69) is 17.9 Å². The first-order chi connectivity index (χ1) is 5.88. The second kappa shape index (κ2) is 5.45. The van der Waals surface area contributed by atoms with E-state index in [-0.39, 0.29) is 6.04 Å². The van der Waals surface area contributed by atoms with Crippen LogP contribution in [0.1, 0.15) is 19.8 Å². The summed E-state index contributed by atoms with van der Waals surface area (Å²) in [7, 11) is 0. The first-order valence-corrected chi connectivity index (χ1v) is 5.75. The molecule has 0 saturated carbocycles. The summed E-state index contributed by atoms with van der Waals surface area (Å²) >= 11 is 1.96. The Labute approximate surface area is 78.9 Å². The average Bonchev–Trinajstić information content (AvgIpc) is 2.52. The van der Waals surface area contributed by atoms with Crippen LogP contribution in [0.2, 0.25) is 0 Å². The average molecular weight is 184 g/mol. The van der Waals surface area contributed by atoms with E-state index in [0.29, 0.717) is 0 Å². The fourth-order valence-electron chi connectivity index (χ4n) is 1.57. The van der Waals surface area contributed by atoms with Crippen LogP contribution in [0.25, 0.3) is 0 Å². The SMILES string of the molecule is CCSCCN1CCCC1C#N. The largest absolute Gasteiger partial charge is 0.287 e. The monoisotopic (exact) mass is 184 g/mol. The number of thioether (sulfide) groups is 1. The lowest BCUT2D eigenvalue weighted by Gasteiger charge is -2.17. The number of hydrogen-bond acceptors (Lipinski definition) is 3. The molecule has 0 radical (unpaired) electrons. The molecular formula is C9H16N2S. The third-order valence-corrected chi connectivity index (χ3v) is 3.12. The van der Waals surface area contributed by atoms with Gasteiger partial charge >= 0.3 is 0 Å². The van der Waals surface area contributed by atoms with Crippen LogP contribution in [-0.2, 0) is 0 Å². The van der Waals surface area contributed by atoms with Crippen LogP contribution >= 0.6 is 11.8 Å². The number of nitrogens with zero attached hydrogens (tertiary/aromatic N) is 2. The molecule has 0 aromatic carbocycles. The maximum Gasteiger partial charge on any atom is 0.0978 e. The Kier molecular flexibility index (Phi) is 4.49. The quantitative estimate of drug-likeness (QED) is 0.623. The molecule has 0 N–H and O–H groups in total. The predicted molar refractivity (Wildman–Crippen MR) is 53.2 cm³/mol. The minimum Gasteiger partial charge on any atom is -0.287 e. The zero-order valence-electron chi connectivity index (χ0n) is 7.62. The molecule has 1 atom stereocenters. The predicted octanol–water partition coefficient (Wildman–Crippen LogP) is 1.73. The highest BCUT2D eigenvalue weighted by atomic mass is 32.2. The van der Waals surface area contributed by atoms with Crippen LogP contribution in [0.3, 0.4) is 0 Å². The highest BCUT2D eigenvalue weighted by Crippen LogP contribution is 2.16. The standard InChI is InChI=1S/C9H16N2S/c1-2-12-7-6-11-5-3-4-9(11)8-10/h9H,2-7H2,1H3. The van der Waals surface area contributed by atoms with Crippen molar-refractivity contribution in [3.05, 3.63) is 0 Å². The Balaban J connectivity index is 2.18. The molecule has 0 aromatic rings. The van der Waals surface area contributed by atoms with Crippen molar-refractivity contribution in [3.8, 4) is 6.07 Å². The molecule has 3 heteroatoms. The summed E-state index contributed by atoms with van der Waals surface area (Å²) in [5.74, 6) is 2.36. The van der Waals surface area contributed by atoms with E-state index in [1.807, 2.05) is 11.8 Å². The molecule has 68 valence electrons. The molecule has 1 aliphatic rings. The highest BCUT2D eigenvalue weighted by Gasteiger charge is 2.22. The van der Waals surface area contributed by atoms with Crippen LogP contribution in [0.5, 0.6) is 0 Å². The van der Waals surface area contributed by atoms with Crippen molar-refractivity contribution in [1.29, 1.82) is 5.26 Å². The summed E-state index contributed by atoms with van der Waals surface area (Å²) in [6, 6.07) is 2.57. The molecular weight excluding hydrogens is 168 g/mol. The summed E-state index contributed by atoms with van der Waals surface area (Å²) in [5.41, 5.74) is 0. The first-order valence-electron chi connectivity index (χ1n) is 4.60. The molecule has 1 heterocycles. The number of rotatable bonds is 4. The van der Waals surface area contributed by atoms with E-state index in [4.69, 9.17) is 5.26 Å². The maximum atomic E-state index is 8.79. The van der Waals surface area contributed by atoms with Gasteiger partial charge in [-0.2, -0.15) is 17.0 Å². The highest BCUT2D eigenvalue weighted by molar-refractivity contribution is 7.99. The van der Waals surface area contributed by atoms with Gasteiger partial charge in [-0.3, -0.25) is 4.90 Å². The molecule has 1 aliphatic heterocycles. The number of hydrogen-bond donors (Lipinski definition) is 0. The van der Waals surface area contributed by atoms with Crippen LogP contribution in [-0.4, -0.2) is 35.5 Å². The molecule has 0 aliphatic carbocycles. The summed E-state index contributed by atoms with van der Waals surface area (Å²) < 4.78 is 0. The Bertz CT molecular complexity index is 164. The third kappa shape index (κ3) is 2.69. The summed E-state index contributed by atoms with van der Waals surface area (Å²) in [6.07, 6.45) is 2.28. The third-order valence-electron chi connectivity index (χ3n) is 2.24. The molecule has 2 nitrogen and oxygen atoms in total. The van der Waals surface area contributed by atoms with Crippen LogP contribution in [0.15, 0.2) is 0 Å². The first kappa shape index (κ1) is 9.88. The van der Waals surface area contributed by atoms with Gasteiger partial charge in [0.1, 0.15) is 0 Å². The fourth-order valence-corrected chi connectivity index (χ4v) is 2.22. The number of nitriles is 1. The molecule has 0 amide bonds. The zero-order chi connectivity index (χ0) is 8.81. The van der Waals surface area contributed by atoms with Gasteiger partial charge in [-0.1, -0.05) is 6.92 Å². The van der Waals surface area contributed by atoms with Crippen molar-refractivity contribution < 1.29 is 0 Å². The summed E-state index contributed by atoms with van der Waals surface area (Å²) in [6.45, 7) is 4.40. The van der Waals surface area contributed by atoms with E-state index >= 15 is 0 Å². The van der Waals surface area contributed by atoms with E-state index in [1.165, 1.54) is 17.9 Å². The summed E-state index contributed by atoms with van der Waals surface area (Å²) in [4.78, 5) is 2.31. The van der Waals surface area contributed by atoms with Crippen LogP contribution in [0.4, 0.5) is 0 Å². The van der Waals surface area contributed by atoms with Crippen molar-refractivity contribution in [2.45, 2.75) is 25.8 Å². The van der Waals surface area contributed by atoms with E-state index in [0.717, 1.165) is 19.5 Å². The molecule has 1 rings (SSSR count). The Hall–Kier alpha value is -0.200. The van der Waals surface area contributed by atoms with Gasteiger partial charge < -0.3 is 0 Å². The second-order valence-electron chi connectivity index (χ2n) is 3.02. The maximum absolute atomic E-state index is 8.79. The van der Waals surface area contributed by atoms with Gasteiger partial charge in [-0.25, -0.2) is 0 Å². The van der Waals surface area contributed by atoms with Crippen LogP contribution < -0.4 is 0 Å². The molecule has 1 saturated heterocycles. The lowest BCUT2D eigenvalue weighted by Crippen LogP contribution is -2.30. The second-order valence-corrected chi connectivity index (χ2v) is 4.41. The summed E-state index contributed by atoms with van der Waals surface area (Å²) in [5, 5.41) is 8.79. The van der Waals surface area contributed by atoms with Gasteiger partial charge in [-0.05, 0) is 25.1 Å². The van der Waals surface area contributed by atoms with Gasteiger partial charge in [0.05, 0.1) is 12.1 Å². The van der Waals surface area contributed by atoms with Crippen molar-refractivity contribution in [3.63, 3.8) is 0 Å². The minimum absolute atomic E-state index is 0.211. The fraction of sp³-hybridized carbons (Fsp3) is 0.889. The molecule has 12 heavy (non-hydrogen) atoms. The van der Waals surface area contributed by atoms with Crippen molar-refractivity contribution in [1.82, 2.24) is 4.90 Å². The normalized spacial score (nSPS) is 24.2. The lowest BCUT2D eigenvalue weighted by molar-refractivity contribution is 0.314. The zero-order valence-corrected chi connectivity index (χ0v) is 8.44. The van der Waals surface area contributed by atoms with Crippen LogP contribution in [0, 0.1) is 11.3 Å². The van der Waals surface area contributed by atoms with Gasteiger partial charge in [0, 0.05) is 12.3 Å². The minimum atomic E-state index is 0.211. The van der Waals surface area contributed by atoms with E-state index in [9.17, 15) is 0 Å². The molecule has 0 bridgehead atoms. The van der Waals surface area contributed by atoms with Gasteiger partial charge in [0.25, 0.3) is 0 Å². The Morgan fingerprint density at radius 2 is 2.50 bits per heavy atom. The Morgan fingerprint density at radius 3 is 3.17 bits per heavy atom. The Morgan fingerprint density at radius 1 is 1.67 bits per heavy atom. The van der Waals surface area contributed by atoms with Crippen molar-refractivity contribution in [2.24, 2.45) is 0 Å². The molecule has 1 unspecified atom stereocenters. The van der Waals surface area contributed by atoms with Crippen molar-refractivity contribution in [2.75, 3.05) is 24.6 Å². The van der Waals surface area contributed by atoms with Gasteiger partial charge in [-0.15, -0.1) is 0 Å². The van der Waals surface area contributed by atoms with Gasteiger partial charge in [0.15, 0.2) is 0 Å². The van der Waals surface area contributed by atoms with E-state index in [1.54, 1.807) is 0 Å². The smallest absolute Gasteiger partial charge is 0.0978 e. The molecule has 0 aromatic heterocycles. The van der Waals surface area contributed by atoms with E-state index < -0.39 is 0 Å².